The largest absolute Gasteiger partial charge is 0.494 e. The second-order valence-electron chi connectivity index (χ2n) is 15.3. The molecule has 278 valence electrons. The van der Waals surface area contributed by atoms with Gasteiger partial charge in [0, 0.05) is 6.54 Å². The molecule has 2 saturated carbocycles. The predicted octanol–water partition coefficient (Wildman–Crippen LogP) is 3.39. The summed E-state index contributed by atoms with van der Waals surface area (Å²) < 4.78 is 33.3. The van der Waals surface area contributed by atoms with Crippen molar-refractivity contribution in [2.75, 3.05) is 18.9 Å². The Morgan fingerprint density at radius 2 is 1.72 bits per heavy atom. The molecule has 0 bridgehead atoms. The number of primary amides is 1. The monoisotopic (exact) mass is 717 g/mol. The highest BCUT2D eigenvalue weighted by molar-refractivity contribution is 7.91. The van der Waals surface area contributed by atoms with Crippen LogP contribution in [-0.4, -0.2) is 85.4 Å². The molecule has 4 rings (SSSR count). The van der Waals surface area contributed by atoms with Gasteiger partial charge in [0.15, 0.2) is 9.84 Å². The molecule has 1 aromatic carbocycles. The van der Waals surface area contributed by atoms with Crippen molar-refractivity contribution in [1.29, 1.82) is 0 Å². The topological polar surface area (TPSA) is 194 Å². The highest BCUT2D eigenvalue weighted by Gasteiger charge is 2.45. The Morgan fingerprint density at radius 1 is 1.02 bits per heavy atom. The number of rotatable bonds is 16. The van der Waals surface area contributed by atoms with E-state index in [0.717, 1.165) is 44.9 Å². The number of amides is 5. The van der Waals surface area contributed by atoms with Gasteiger partial charge in [0.2, 0.25) is 17.6 Å². The van der Waals surface area contributed by atoms with Crippen LogP contribution in [0.5, 0.6) is 5.75 Å². The molecule has 0 spiro atoms. The van der Waals surface area contributed by atoms with E-state index >= 15 is 0 Å². The van der Waals surface area contributed by atoms with Crippen LogP contribution in [0.25, 0.3) is 0 Å². The number of nitrogens with one attached hydrogen (secondary N) is 3. The molecule has 0 aromatic heterocycles. The number of ether oxygens (including phenoxy) is 1. The molecular formula is C36H55N5O8S. The molecule has 1 unspecified atom stereocenters. The Balaban J connectivity index is 1.48. The summed E-state index contributed by atoms with van der Waals surface area (Å²) in [4.78, 5) is 67.0. The summed E-state index contributed by atoms with van der Waals surface area (Å²) in [7, 11) is -3.84. The Morgan fingerprint density at radius 3 is 2.34 bits per heavy atom. The predicted molar refractivity (Wildman–Crippen MR) is 188 cm³/mol. The summed E-state index contributed by atoms with van der Waals surface area (Å²) in [5.41, 5.74) is 3.42. The number of hydrogen-bond donors (Lipinski definition) is 4. The number of nitrogens with two attached hydrogens (primary N) is 1. The van der Waals surface area contributed by atoms with Crippen molar-refractivity contribution in [2.45, 2.75) is 133 Å². The van der Waals surface area contributed by atoms with Crippen molar-refractivity contribution < 1.29 is 37.1 Å². The van der Waals surface area contributed by atoms with Crippen molar-refractivity contribution in [2.24, 2.45) is 17.1 Å². The summed E-state index contributed by atoms with van der Waals surface area (Å²) in [6.07, 6.45) is 8.13. The lowest BCUT2D eigenvalue weighted by molar-refractivity contribution is -0.143. The standard InChI is InChI=1S/C36H55N5O8S/c1-5-6-20-49-25-12-10-13-26(22-25)50(47,48)23-36(17-8-7-9-18-36)40-34(46)39-30(35(2,3)4)33(45)41-19-11-14-28(41)32(44)38-27(21-24-15-16-24)29(42)31(37)43/h10,12-13,22,24,27-28,30H,5-9,11,14-21,23H2,1-4H3,(H2,37,43)(H,38,44)(H2,39,40,46)/t27?,28-,30+/m0/s1. The van der Waals surface area contributed by atoms with E-state index in [-0.39, 0.29) is 23.1 Å². The Hall–Kier alpha value is -3.68. The Labute approximate surface area is 296 Å². The van der Waals surface area contributed by atoms with Crippen LogP contribution in [0.1, 0.15) is 105 Å². The van der Waals surface area contributed by atoms with E-state index in [1.165, 1.54) is 17.0 Å². The van der Waals surface area contributed by atoms with Gasteiger partial charge in [-0.15, -0.1) is 0 Å². The zero-order valence-electron chi connectivity index (χ0n) is 29.9. The lowest BCUT2D eigenvalue weighted by atomic mass is 9.83. The smallest absolute Gasteiger partial charge is 0.315 e. The summed E-state index contributed by atoms with van der Waals surface area (Å²) in [6, 6.07) is 2.77. The number of Topliss-reactive ketones (excluding diaryl/α,β-unsaturated/α-hetero) is 1. The molecule has 3 aliphatic rings. The number of benzene rings is 1. The highest BCUT2D eigenvalue weighted by Crippen LogP contribution is 2.35. The minimum atomic E-state index is -3.84. The highest BCUT2D eigenvalue weighted by atomic mass is 32.2. The van der Waals surface area contributed by atoms with Crippen LogP contribution >= 0.6 is 0 Å². The molecule has 1 heterocycles. The number of urea groups is 1. The van der Waals surface area contributed by atoms with Gasteiger partial charge in [-0.1, -0.05) is 72.3 Å². The van der Waals surface area contributed by atoms with E-state index in [9.17, 15) is 32.4 Å². The number of nitrogens with zero attached hydrogens (tertiary/aromatic N) is 1. The molecule has 1 aromatic rings. The molecule has 1 saturated heterocycles. The molecule has 5 N–H and O–H groups in total. The van der Waals surface area contributed by atoms with E-state index in [0.29, 0.717) is 44.5 Å². The molecule has 5 amide bonds. The van der Waals surface area contributed by atoms with Crippen LogP contribution in [0, 0.1) is 11.3 Å². The molecule has 13 nitrogen and oxygen atoms in total. The second kappa shape index (κ2) is 16.6. The first-order valence-corrected chi connectivity index (χ1v) is 19.7. The van der Waals surface area contributed by atoms with Crippen molar-refractivity contribution in [3.63, 3.8) is 0 Å². The third-order valence-electron chi connectivity index (χ3n) is 9.96. The fourth-order valence-corrected chi connectivity index (χ4v) is 8.79. The maximum atomic E-state index is 14.1. The Kier molecular flexibility index (Phi) is 13.0. The zero-order valence-corrected chi connectivity index (χ0v) is 30.7. The average molecular weight is 718 g/mol. The number of carbonyl (C=O) groups is 5. The molecule has 1 aliphatic heterocycles. The van der Waals surface area contributed by atoms with Gasteiger partial charge in [0.25, 0.3) is 5.91 Å². The maximum Gasteiger partial charge on any atom is 0.315 e. The first kappa shape index (κ1) is 39.1. The van der Waals surface area contributed by atoms with Crippen LogP contribution in [-0.2, 0) is 29.0 Å². The van der Waals surface area contributed by atoms with Gasteiger partial charge in [0.1, 0.15) is 17.8 Å². The third kappa shape index (κ3) is 10.4. The van der Waals surface area contributed by atoms with Crippen molar-refractivity contribution in [3.05, 3.63) is 24.3 Å². The fourth-order valence-electron chi connectivity index (χ4n) is 6.96. The molecule has 2 aliphatic carbocycles. The summed E-state index contributed by atoms with van der Waals surface area (Å²) in [6.45, 7) is 8.20. The lowest BCUT2D eigenvalue weighted by Crippen LogP contribution is -2.63. The van der Waals surface area contributed by atoms with E-state index in [1.807, 2.05) is 6.92 Å². The van der Waals surface area contributed by atoms with Crippen LogP contribution in [0.3, 0.4) is 0 Å². The van der Waals surface area contributed by atoms with E-state index in [4.69, 9.17) is 10.5 Å². The van der Waals surface area contributed by atoms with Crippen molar-refractivity contribution in [1.82, 2.24) is 20.9 Å². The SMILES string of the molecule is CCCCOc1cccc(S(=O)(=O)CC2(NC(=O)N[C@H](C(=O)N3CCC[C@H]3C(=O)NC(CC3CC3)C(=O)C(N)=O)C(C)(C)C)CCCCC2)c1. The number of likely N-dealkylation sites (tertiary alicyclic amines) is 1. The normalized spacial score (nSPS) is 20.3. The minimum absolute atomic E-state index is 0.122. The number of unbranched alkanes of at least 4 members (excludes halogenated alkanes) is 1. The van der Waals surface area contributed by atoms with E-state index in [1.54, 1.807) is 32.9 Å². The molecule has 3 atom stereocenters. The Bertz CT molecular complexity index is 1510. The minimum Gasteiger partial charge on any atom is -0.494 e. The fraction of sp³-hybridized carbons (Fsp3) is 0.694. The van der Waals surface area contributed by atoms with E-state index in [2.05, 4.69) is 16.0 Å². The number of hydrogen-bond acceptors (Lipinski definition) is 8. The van der Waals surface area contributed by atoms with Crippen molar-refractivity contribution in [3.8, 4) is 5.75 Å². The molecule has 50 heavy (non-hydrogen) atoms. The van der Waals surface area contributed by atoms with Crippen LogP contribution < -0.4 is 26.4 Å². The second-order valence-corrected chi connectivity index (χ2v) is 17.3. The molecule has 3 fully saturated rings. The van der Waals surface area contributed by atoms with Crippen LogP contribution in [0.4, 0.5) is 4.79 Å². The van der Waals surface area contributed by atoms with Gasteiger partial charge in [-0.3, -0.25) is 19.2 Å². The molecule has 0 radical (unpaired) electrons. The number of carbonyl (C=O) groups excluding carboxylic acids is 5. The summed E-state index contributed by atoms with van der Waals surface area (Å²) >= 11 is 0. The van der Waals surface area contributed by atoms with Crippen molar-refractivity contribution >= 4 is 39.4 Å². The average Bonchev–Trinajstić information content (AvgIpc) is 3.73. The summed E-state index contributed by atoms with van der Waals surface area (Å²) in [5, 5.41) is 8.49. The van der Waals surface area contributed by atoms with E-state index < -0.39 is 68.5 Å². The lowest BCUT2D eigenvalue weighted by Gasteiger charge is -2.40. The van der Waals surface area contributed by atoms with Crippen LogP contribution in [0.15, 0.2) is 29.2 Å². The van der Waals surface area contributed by atoms with Gasteiger partial charge in [-0.2, -0.15) is 0 Å². The maximum absolute atomic E-state index is 14.1. The quantitative estimate of drug-likeness (QED) is 0.148. The first-order chi connectivity index (χ1) is 23.5. The zero-order chi connectivity index (χ0) is 36.7. The van der Waals surface area contributed by atoms with Gasteiger partial charge in [-0.25, -0.2) is 13.2 Å². The molecule has 14 heteroatoms. The first-order valence-electron chi connectivity index (χ1n) is 18.0. The number of sulfone groups is 1. The summed E-state index contributed by atoms with van der Waals surface area (Å²) in [5.74, 6) is -2.59. The van der Waals surface area contributed by atoms with Gasteiger partial charge in [0.05, 0.1) is 28.8 Å². The molecular weight excluding hydrogens is 662 g/mol. The van der Waals surface area contributed by atoms with Crippen LogP contribution in [0.2, 0.25) is 0 Å². The number of ketones is 1. The van der Waals surface area contributed by atoms with Gasteiger partial charge >= 0.3 is 6.03 Å². The van der Waals surface area contributed by atoms with Gasteiger partial charge < -0.3 is 31.3 Å². The third-order valence-corrected chi connectivity index (χ3v) is 11.9. The van der Waals surface area contributed by atoms with Gasteiger partial charge in [-0.05, 0) is 68.1 Å².